The van der Waals surface area contributed by atoms with E-state index < -0.39 is 0 Å². The van der Waals surface area contributed by atoms with Gasteiger partial charge in [0.1, 0.15) is 5.75 Å². The van der Waals surface area contributed by atoms with Crippen molar-refractivity contribution in [2.24, 2.45) is 5.92 Å². The first-order chi connectivity index (χ1) is 8.17. The lowest BCUT2D eigenvalue weighted by Gasteiger charge is -2.18. The molecule has 2 heteroatoms. The molecule has 2 atom stereocenters. The number of benzene rings is 1. The van der Waals surface area contributed by atoms with Gasteiger partial charge in [-0.3, -0.25) is 0 Å². The Labute approximate surface area is 105 Å². The number of nitrogens with one attached hydrogen (secondary N) is 1. The Hall–Kier alpha value is -1.02. The SMILES string of the molecule is CCCC(C)CNC(C)c1ccc(OC)cc1. The molecular weight excluding hydrogens is 210 g/mol. The second-order valence-electron chi connectivity index (χ2n) is 4.80. The first-order valence-corrected chi connectivity index (χ1v) is 6.54. The van der Waals surface area contributed by atoms with E-state index in [4.69, 9.17) is 4.74 Å². The summed E-state index contributed by atoms with van der Waals surface area (Å²) in [5.41, 5.74) is 1.31. The summed E-state index contributed by atoms with van der Waals surface area (Å²) >= 11 is 0. The van der Waals surface area contributed by atoms with Crippen LogP contribution in [0.25, 0.3) is 0 Å². The monoisotopic (exact) mass is 235 g/mol. The predicted octanol–water partition coefficient (Wildman–Crippen LogP) is 3.78. The fourth-order valence-corrected chi connectivity index (χ4v) is 1.98. The normalized spacial score (nSPS) is 14.4. The van der Waals surface area contributed by atoms with Crippen LogP contribution in [0.3, 0.4) is 0 Å². The van der Waals surface area contributed by atoms with E-state index >= 15 is 0 Å². The van der Waals surface area contributed by atoms with Gasteiger partial charge < -0.3 is 10.1 Å². The van der Waals surface area contributed by atoms with Crippen LogP contribution in [0.2, 0.25) is 0 Å². The van der Waals surface area contributed by atoms with Gasteiger partial charge in [-0.1, -0.05) is 32.4 Å². The Bertz CT molecular complexity index is 307. The van der Waals surface area contributed by atoms with Gasteiger partial charge in [0, 0.05) is 6.04 Å². The zero-order valence-electron chi connectivity index (χ0n) is 11.5. The summed E-state index contributed by atoms with van der Waals surface area (Å²) in [6, 6.07) is 8.69. The van der Waals surface area contributed by atoms with Crippen molar-refractivity contribution in [3.05, 3.63) is 29.8 Å². The van der Waals surface area contributed by atoms with E-state index in [1.807, 2.05) is 12.1 Å². The second kappa shape index (κ2) is 7.33. The van der Waals surface area contributed by atoms with Gasteiger partial charge in [0.05, 0.1) is 7.11 Å². The molecule has 96 valence electrons. The molecule has 2 unspecified atom stereocenters. The van der Waals surface area contributed by atoms with Crippen LogP contribution in [0, 0.1) is 5.92 Å². The van der Waals surface area contributed by atoms with Crippen molar-refractivity contribution in [1.82, 2.24) is 5.32 Å². The van der Waals surface area contributed by atoms with Crippen LogP contribution in [-0.4, -0.2) is 13.7 Å². The van der Waals surface area contributed by atoms with Crippen molar-refractivity contribution in [3.63, 3.8) is 0 Å². The van der Waals surface area contributed by atoms with E-state index in [1.165, 1.54) is 18.4 Å². The number of ether oxygens (including phenoxy) is 1. The molecule has 1 aromatic carbocycles. The summed E-state index contributed by atoms with van der Waals surface area (Å²) < 4.78 is 5.16. The van der Waals surface area contributed by atoms with Crippen LogP contribution in [0.5, 0.6) is 5.75 Å². The van der Waals surface area contributed by atoms with Crippen molar-refractivity contribution in [2.45, 2.75) is 39.7 Å². The lowest BCUT2D eigenvalue weighted by atomic mass is 10.0. The largest absolute Gasteiger partial charge is 0.497 e. The quantitative estimate of drug-likeness (QED) is 0.776. The van der Waals surface area contributed by atoms with Crippen LogP contribution in [0.15, 0.2) is 24.3 Å². The Morgan fingerprint density at radius 1 is 1.18 bits per heavy atom. The van der Waals surface area contributed by atoms with Crippen LogP contribution in [-0.2, 0) is 0 Å². The minimum atomic E-state index is 0.403. The summed E-state index contributed by atoms with van der Waals surface area (Å²) in [6.45, 7) is 7.84. The van der Waals surface area contributed by atoms with E-state index in [-0.39, 0.29) is 0 Å². The predicted molar refractivity (Wildman–Crippen MR) is 73.5 cm³/mol. The molecular formula is C15H25NO. The van der Waals surface area contributed by atoms with Gasteiger partial charge in [0.15, 0.2) is 0 Å². The molecule has 1 aromatic rings. The fraction of sp³-hybridized carbons (Fsp3) is 0.600. The molecule has 0 aliphatic carbocycles. The maximum absolute atomic E-state index is 5.16. The molecule has 2 nitrogen and oxygen atoms in total. The maximum Gasteiger partial charge on any atom is 0.118 e. The molecule has 0 amide bonds. The van der Waals surface area contributed by atoms with Gasteiger partial charge in [-0.05, 0) is 43.5 Å². The van der Waals surface area contributed by atoms with Crippen molar-refractivity contribution in [3.8, 4) is 5.75 Å². The Morgan fingerprint density at radius 2 is 1.82 bits per heavy atom. The highest BCUT2D eigenvalue weighted by atomic mass is 16.5. The summed E-state index contributed by atoms with van der Waals surface area (Å²) in [5, 5.41) is 3.58. The van der Waals surface area contributed by atoms with Gasteiger partial charge >= 0.3 is 0 Å². The van der Waals surface area contributed by atoms with Crippen LogP contribution in [0.4, 0.5) is 0 Å². The van der Waals surface area contributed by atoms with Crippen molar-refractivity contribution in [1.29, 1.82) is 0 Å². The van der Waals surface area contributed by atoms with Crippen LogP contribution >= 0.6 is 0 Å². The van der Waals surface area contributed by atoms with Crippen molar-refractivity contribution >= 4 is 0 Å². The molecule has 1 N–H and O–H groups in total. The van der Waals surface area contributed by atoms with Crippen LogP contribution < -0.4 is 10.1 Å². The molecule has 0 bridgehead atoms. The molecule has 0 fully saturated rings. The molecule has 0 aliphatic rings. The average Bonchev–Trinajstić information content (AvgIpc) is 2.36. The summed E-state index contributed by atoms with van der Waals surface area (Å²) in [6.07, 6.45) is 2.56. The molecule has 1 rings (SSSR count). The lowest BCUT2D eigenvalue weighted by Crippen LogP contribution is -2.24. The van der Waals surface area contributed by atoms with E-state index in [1.54, 1.807) is 7.11 Å². The second-order valence-corrected chi connectivity index (χ2v) is 4.80. The van der Waals surface area contributed by atoms with E-state index in [0.717, 1.165) is 18.2 Å². The van der Waals surface area contributed by atoms with E-state index in [2.05, 4.69) is 38.2 Å². The molecule has 0 heterocycles. The zero-order chi connectivity index (χ0) is 12.7. The topological polar surface area (TPSA) is 21.3 Å². The molecule has 17 heavy (non-hydrogen) atoms. The number of hydrogen-bond acceptors (Lipinski definition) is 2. The van der Waals surface area contributed by atoms with Gasteiger partial charge in [-0.15, -0.1) is 0 Å². The number of methoxy groups -OCH3 is 1. The number of rotatable bonds is 7. The Morgan fingerprint density at radius 3 is 2.35 bits per heavy atom. The van der Waals surface area contributed by atoms with Gasteiger partial charge in [0.25, 0.3) is 0 Å². The molecule has 0 spiro atoms. The summed E-state index contributed by atoms with van der Waals surface area (Å²) in [7, 11) is 1.70. The third-order valence-electron chi connectivity index (χ3n) is 3.17. The first kappa shape index (κ1) is 14.0. The van der Waals surface area contributed by atoms with Crippen molar-refractivity contribution in [2.75, 3.05) is 13.7 Å². The molecule has 0 radical (unpaired) electrons. The smallest absolute Gasteiger partial charge is 0.118 e. The highest BCUT2D eigenvalue weighted by Crippen LogP contribution is 2.17. The molecule has 0 aromatic heterocycles. The molecule has 0 saturated carbocycles. The number of hydrogen-bond donors (Lipinski definition) is 1. The third kappa shape index (κ3) is 4.78. The molecule has 0 aliphatic heterocycles. The minimum Gasteiger partial charge on any atom is -0.497 e. The highest BCUT2D eigenvalue weighted by Gasteiger charge is 2.07. The van der Waals surface area contributed by atoms with Gasteiger partial charge in [0.2, 0.25) is 0 Å². The van der Waals surface area contributed by atoms with Crippen LogP contribution in [0.1, 0.15) is 45.2 Å². The third-order valence-corrected chi connectivity index (χ3v) is 3.17. The minimum absolute atomic E-state index is 0.403. The average molecular weight is 235 g/mol. The van der Waals surface area contributed by atoms with E-state index in [9.17, 15) is 0 Å². The fourth-order valence-electron chi connectivity index (χ4n) is 1.98. The summed E-state index contributed by atoms with van der Waals surface area (Å²) in [4.78, 5) is 0. The maximum atomic E-state index is 5.16. The van der Waals surface area contributed by atoms with Gasteiger partial charge in [-0.25, -0.2) is 0 Å². The standard InChI is InChI=1S/C15H25NO/c1-5-6-12(2)11-16-13(3)14-7-9-15(17-4)10-8-14/h7-10,12-13,16H,5-6,11H2,1-4H3. The highest BCUT2D eigenvalue weighted by molar-refractivity contribution is 5.28. The van der Waals surface area contributed by atoms with Crippen molar-refractivity contribution < 1.29 is 4.74 Å². The Balaban J connectivity index is 2.43. The van der Waals surface area contributed by atoms with E-state index in [0.29, 0.717) is 6.04 Å². The Kier molecular flexibility index (Phi) is 6.06. The zero-order valence-corrected chi connectivity index (χ0v) is 11.5. The lowest BCUT2D eigenvalue weighted by molar-refractivity contribution is 0.413. The van der Waals surface area contributed by atoms with Gasteiger partial charge in [-0.2, -0.15) is 0 Å². The molecule has 0 saturated heterocycles. The summed E-state index contributed by atoms with van der Waals surface area (Å²) in [5.74, 6) is 1.67. The first-order valence-electron chi connectivity index (χ1n) is 6.54.